The van der Waals surface area contributed by atoms with E-state index in [2.05, 4.69) is 5.10 Å². The Hall–Kier alpha value is -1.17. The number of anilines is 1. The fourth-order valence-electron chi connectivity index (χ4n) is 1.74. The molecular weight excluding hydrogens is 214 g/mol. The Bertz CT molecular complexity index is 371. The maximum Gasteiger partial charge on any atom is 0.356 e. The van der Waals surface area contributed by atoms with E-state index in [0.717, 1.165) is 24.3 Å². The zero-order valence-electron chi connectivity index (χ0n) is 8.22. The molecule has 1 aliphatic heterocycles. The molecule has 2 heterocycles. The monoisotopic (exact) mass is 227 g/mol. The molecule has 0 amide bonds. The number of nitrogens with two attached hydrogens (primary N) is 1. The smallest absolute Gasteiger partial charge is 0.356 e. The number of hydrogen-bond donors (Lipinski definition) is 2. The second-order valence-corrected chi connectivity index (χ2v) is 4.77. The molecule has 0 aliphatic carbocycles. The first kappa shape index (κ1) is 10.4. The summed E-state index contributed by atoms with van der Waals surface area (Å²) in [6.07, 6.45) is 2.02. The molecule has 0 aromatic carbocycles. The number of carboxylic acids is 1. The van der Waals surface area contributed by atoms with E-state index in [1.165, 1.54) is 6.07 Å². The van der Waals surface area contributed by atoms with Crippen LogP contribution in [0.4, 0.5) is 5.82 Å². The fraction of sp³-hybridized carbons (Fsp3) is 0.556. The quantitative estimate of drug-likeness (QED) is 0.794. The fourth-order valence-corrected chi connectivity index (χ4v) is 2.82. The Labute approximate surface area is 91.6 Å². The second-order valence-electron chi connectivity index (χ2n) is 3.55. The molecule has 1 fully saturated rings. The number of thioether (sulfide) groups is 1. The molecule has 0 atom stereocenters. The van der Waals surface area contributed by atoms with Crippen molar-refractivity contribution in [2.75, 3.05) is 17.2 Å². The van der Waals surface area contributed by atoms with E-state index in [1.807, 2.05) is 11.8 Å². The highest BCUT2D eigenvalue weighted by Gasteiger charge is 2.20. The van der Waals surface area contributed by atoms with Gasteiger partial charge in [0, 0.05) is 6.07 Å². The highest BCUT2D eigenvalue weighted by Crippen LogP contribution is 2.28. The van der Waals surface area contributed by atoms with E-state index in [-0.39, 0.29) is 11.7 Å². The molecule has 82 valence electrons. The normalized spacial score (nSPS) is 17.9. The molecule has 3 N–H and O–H groups in total. The lowest BCUT2D eigenvalue weighted by atomic mass is 10.2. The topological polar surface area (TPSA) is 81.1 Å². The summed E-state index contributed by atoms with van der Waals surface area (Å²) in [4.78, 5) is 10.7. The van der Waals surface area contributed by atoms with Gasteiger partial charge < -0.3 is 10.8 Å². The average molecular weight is 227 g/mol. The number of carboxylic acid groups (broad SMARTS) is 1. The third-order valence-electron chi connectivity index (χ3n) is 2.52. The van der Waals surface area contributed by atoms with Crippen molar-refractivity contribution < 1.29 is 9.90 Å². The van der Waals surface area contributed by atoms with Crippen molar-refractivity contribution in [3.63, 3.8) is 0 Å². The van der Waals surface area contributed by atoms with E-state index < -0.39 is 5.97 Å². The maximum atomic E-state index is 10.7. The summed E-state index contributed by atoms with van der Waals surface area (Å²) in [5.74, 6) is 1.61. The molecule has 1 aliphatic rings. The number of rotatable bonds is 2. The van der Waals surface area contributed by atoms with Crippen LogP contribution in [0.3, 0.4) is 0 Å². The molecule has 0 unspecified atom stereocenters. The minimum absolute atomic E-state index is 0.0331. The number of nitrogen functional groups attached to an aromatic ring is 1. The van der Waals surface area contributed by atoms with Crippen molar-refractivity contribution >= 4 is 23.5 Å². The lowest BCUT2D eigenvalue weighted by Gasteiger charge is -2.22. The van der Waals surface area contributed by atoms with Gasteiger partial charge in [-0.05, 0) is 24.3 Å². The highest BCUT2D eigenvalue weighted by molar-refractivity contribution is 7.99. The molecule has 0 saturated carbocycles. The SMILES string of the molecule is Nc1cc(C(=O)O)nn1C1CCSCC1. The number of aromatic nitrogens is 2. The van der Waals surface area contributed by atoms with Gasteiger partial charge in [0.1, 0.15) is 5.82 Å². The molecule has 0 radical (unpaired) electrons. The predicted octanol–water partition coefficient (Wildman–Crippen LogP) is 1.23. The molecule has 1 aromatic heterocycles. The van der Waals surface area contributed by atoms with Crippen LogP contribution in [0.5, 0.6) is 0 Å². The first-order chi connectivity index (χ1) is 7.18. The lowest BCUT2D eigenvalue weighted by Crippen LogP contribution is -2.18. The van der Waals surface area contributed by atoms with E-state index in [1.54, 1.807) is 4.68 Å². The molecule has 15 heavy (non-hydrogen) atoms. The Balaban J connectivity index is 2.22. The van der Waals surface area contributed by atoms with Gasteiger partial charge in [-0.2, -0.15) is 16.9 Å². The number of carbonyl (C=O) groups is 1. The van der Waals surface area contributed by atoms with Crippen LogP contribution in [0.2, 0.25) is 0 Å². The van der Waals surface area contributed by atoms with E-state index >= 15 is 0 Å². The van der Waals surface area contributed by atoms with Crippen molar-refractivity contribution in [3.8, 4) is 0 Å². The van der Waals surface area contributed by atoms with Crippen LogP contribution in [0.15, 0.2) is 6.07 Å². The Kier molecular flexibility index (Phi) is 2.86. The standard InChI is InChI=1S/C9H13N3O2S/c10-8-5-7(9(13)14)11-12(8)6-1-3-15-4-2-6/h5-6H,1-4,10H2,(H,13,14). The molecule has 0 spiro atoms. The highest BCUT2D eigenvalue weighted by atomic mass is 32.2. The van der Waals surface area contributed by atoms with Gasteiger partial charge in [0.2, 0.25) is 0 Å². The summed E-state index contributed by atoms with van der Waals surface area (Å²) in [5.41, 5.74) is 5.77. The zero-order chi connectivity index (χ0) is 10.8. The van der Waals surface area contributed by atoms with Gasteiger partial charge in [-0.25, -0.2) is 9.48 Å². The van der Waals surface area contributed by atoms with Crippen LogP contribution in [0, 0.1) is 0 Å². The average Bonchev–Trinajstić information content (AvgIpc) is 2.62. The van der Waals surface area contributed by atoms with Crippen LogP contribution in [-0.2, 0) is 0 Å². The van der Waals surface area contributed by atoms with E-state index in [9.17, 15) is 4.79 Å². The summed E-state index contributed by atoms with van der Waals surface area (Å²) >= 11 is 1.91. The van der Waals surface area contributed by atoms with Crippen LogP contribution in [0.25, 0.3) is 0 Å². The molecular formula is C9H13N3O2S. The van der Waals surface area contributed by atoms with Crippen molar-refractivity contribution in [1.82, 2.24) is 9.78 Å². The Morgan fingerprint density at radius 3 is 2.80 bits per heavy atom. The van der Waals surface area contributed by atoms with Gasteiger partial charge in [-0.15, -0.1) is 0 Å². The van der Waals surface area contributed by atoms with Gasteiger partial charge in [0.25, 0.3) is 0 Å². The predicted molar refractivity (Wildman–Crippen MR) is 59.2 cm³/mol. The van der Waals surface area contributed by atoms with Crippen molar-refractivity contribution in [3.05, 3.63) is 11.8 Å². The van der Waals surface area contributed by atoms with Crippen molar-refractivity contribution in [2.45, 2.75) is 18.9 Å². The Morgan fingerprint density at radius 2 is 2.27 bits per heavy atom. The zero-order valence-corrected chi connectivity index (χ0v) is 9.04. The summed E-state index contributed by atoms with van der Waals surface area (Å²) in [7, 11) is 0. The van der Waals surface area contributed by atoms with Crippen LogP contribution < -0.4 is 5.73 Å². The van der Waals surface area contributed by atoms with Crippen LogP contribution in [0.1, 0.15) is 29.4 Å². The molecule has 0 bridgehead atoms. The minimum Gasteiger partial charge on any atom is -0.476 e. The van der Waals surface area contributed by atoms with Gasteiger partial charge in [0.15, 0.2) is 5.69 Å². The van der Waals surface area contributed by atoms with Crippen LogP contribution in [-0.4, -0.2) is 32.4 Å². The largest absolute Gasteiger partial charge is 0.476 e. The van der Waals surface area contributed by atoms with E-state index in [4.69, 9.17) is 10.8 Å². The first-order valence-electron chi connectivity index (χ1n) is 4.84. The molecule has 1 aromatic rings. The number of aromatic carboxylic acids is 1. The number of nitrogens with zero attached hydrogens (tertiary/aromatic N) is 2. The van der Waals surface area contributed by atoms with Gasteiger partial charge >= 0.3 is 5.97 Å². The van der Waals surface area contributed by atoms with E-state index in [0.29, 0.717) is 5.82 Å². The summed E-state index contributed by atoms with van der Waals surface area (Å²) in [5, 5.41) is 12.8. The van der Waals surface area contributed by atoms with Crippen molar-refractivity contribution in [2.24, 2.45) is 0 Å². The van der Waals surface area contributed by atoms with Crippen LogP contribution >= 0.6 is 11.8 Å². The number of hydrogen-bond acceptors (Lipinski definition) is 4. The minimum atomic E-state index is -1.02. The summed E-state index contributed by atoms with van der Waals surface area (Å²) in [6.45, 7) is 0. The summed E-state index contributed by atoms with van der Waals surface area (Å²) < 4.78 is 1.66. The maximum absolute atomic E-state index is 10.7. The molecule has 6 heteroatoms. The van der Waals surface area contributed by atoms with Gasteiger partial charge in [-0.3, -0.25) is 0 Å². The Morgan fingerprint density at radius 1 is 1.60 bits per heavy atom. The van der Waals surface area contributed by atoms with Gasteiger partial charge in [-0.1, -0.05) is 0 Å². The lowest BCUT2D eigenvalue weighted by molar-refractivity contribution is 0.0689. The molecule has 5 nitrogen and oxygen atoms in total. The third-order valence-corrected chi connectivity index (χ3v) is 3.57. The molecule has 2 rings (SSSR count). The summed E-state index contributed by atoms with van der Waals surface area (Å²) in [6, 6.07) is 1.68. The van der Waals surface area contributed by atoms with Gasteiger partial charge in [0.05, 0.1) is 6.04 Å². The third kappa shape index (κ3) is 2.09. The van der Waals surface area contributed by atoms with Crippen molar-refractivity contribution in [1.29, 1.82) is 0 Å². The molecule has 1 saturated heterocycles. The first-order valence-corrected chi connectivity index (χ1v) is 6.00. The second kappa shape index (κ2) is 4.14.